The molecule has 3 aliphatic rings. The van der Waals surface area contributed by atoms with Gasteiger partial charge < -0.3 is 10.2 Å². The number of benzene rings is 2. The topological polar surface area (TPSA) is 65.5 Å². The largest absolute Gasteiger partial charge is 0.349 e. The zero-order valence-electron chi connectivity index (χ0n) is 24.5. The molecule has 0 bridgehead atoms. The van der Waals surface area contributed by atoms with Crippen molar-refractivity contribution in [3.63, 3.8) is 0 Å². The van der Waals surface area contributed by atoms with Gasteiger partial charge in [0.15, 0.2) is 0 Å². The Hall–Kier alpha value is -3.25. The molecule has 2 amide bonds. The van der Waals surface area contributed by atoms with Gasteiger partial charge in [0.2, 0.25) is 5.91 Å². The Morgan fingerprint density at radius 2 is 1.54 bits per heavy atom. The zero-order valence-corrected chi connectivity index (χ0v) is 24.5. The summed E-state index contributed by atoms with van der Waals surface area (Å²) in [5.41, 5.74) is 4.51. The van der Waals surface area contributed by atoms with Gasteiger partial charge in [-0.15, -0.1) is 0 Å². The number of pyridine rings is 1. The molecule has 3 fully saturated rings. The lowest BCUT2D eigenvalue weighted by molar-refractivity contribution is -0.136. The summed E-state index contributed by atoms with van der Waals surface area (Å²) in [4.78, 5) is 37.0. The molecule has 0 spiro atoms. The summed E-state index contributed by atoms with van der Waals surface area (Å²) in [5.74, 6) is 1.00. The maximum absolute atomic E-state index is 14.2. The number of carbonyl (C=O) groups is 2. The van der Waals surface area contributed by atoms with E-state index < -0.39 is 0 Å². The average molecular weight is 553 g/mol. The number of para-hydroxylation sites is 1. The third-order valence-corrected chi connectivity index (χ3v) is 9.72. The van der Waals surface area contributed by atoms with Crippen LogP contribution in [0.25, 0.3) is 22.2 Å². The van der Waals surface area contributed by atoms with Gasteiger partial charge in [-0.25, -0.2) is 4.98 Å². The van der Waals surface area contributed by atoms with Crippen molar-refractivity contribution in [1.82, 2.24) is 20.1 Å². The number of nitrogens with one attached hydrogen (secondary N) is 1. The molecule has 1 aromatic heterocycles. The lowest BCUT2D eigenvalue weighted by Crippen LogP contribution is -2.42. The van der Waals surface area contributed by atoms with E-state index in [1.54, 1.807) is 0 Å². The van der Waals surface area contributed by atoms with Crippen LogP contribution < -0.4 is 5.32 Å². The lowest BCUT2D eigenvalue weighted by Gasteiger charge is -2.34. The van der Waals surface area contributed by atoms with Crippen molar-refractivity contribution in [2.75, 3.05) is 26.2 Å². The first-order valence-electron chi connectivity index (χ1n) is 15.9. The summed E-state index contributed by atoms with van der Waals surface area (Å²) in [5, 5.41) is 4.34. The van der Waals surface area contributed by atoms with E-state index in [0.717, 1.165) is 85.1 Å². The number of likely N-dealkylation sites (tertiary alicyclic amines) is 2. The van der Waals surface area contributed by atoms with E-state index in [1.807, 2.05) is 42.5 Å². The highest BCUT2D eigenvalue weighted by atomic mass is 16.2. The van der Waals surface area contributed by atoms with Crippen LogP contribution in [0.5, 0.6) is 0 Å². The predicted octanol–water partition coefficient (Wildman–Crippen LogP) is 6.43. The Morgan fingerprint density at radius 1 is 0.854 bits per heavy atom. The van der Waals surface area contributed by atoms with Crippen molar-refractivity contribution in [2.24, 2.45) is 11.8 Å². The standard InChI is InChI=1S/C35H44N4O2/c1-25(26-12-4-2-5-13-26)36-34(40)32-29-16-8-9-17-31(29)37-33(27-14-6-3-7-15-27)30(32)24-38-22-18-28(19-23-38)35(41)39-20-10-11-21-39/h3,6-9,14-17,25-26,28H,2,4-5,10-13,18-24H2,1H3,(H,36,40). The summed E-state index contributed by atoms with van der Waals surface area (Å²) >= 11 is 0. The number of piperidine rings is 1. The predicted molar refractivity (Wildman–Crippen MR) is 164 cm³/mol. The van der Waals surface area contributed by atoms with E-state index in [2.05, 4.69) is 34.2 Å². The van der Waals surface area contributed by atoms with E-state index >= 15 is 0 Å². The minimum atomic E-state index is 0.00736. The van der Waals surface area contributed by atoms with Gasteiger partial charge in [0.25, 0.3) is 5.91 Å². The van der Waals surface area contributed by atoms with Crippen molar-refractivity contribution < 1.29 is 9.59 Å². The maximum Gasteiger partial charge on any atom is 0.252 e. The van der Waals surface area contributed by atoms with Crippen molar-refractivity contribution >= 4 is 22.7 Å². The molecular formula is C35H44N4O2. The zero-order chi connectivity index (χ0) is 28.2. The molecule has 1 atom stereocenters. The number of nitrogens with zero attached hydrogens (tertiary/aromatic N) is 3. The highest BCUT2D eigenvalue weighted by Crippen LogP contribution is 2.34. The van der Waals surface area contributed by atoms with Crippen LogP contribution in [0.2, 0.25) is 0 Å². The molecule has 1 aliphatic carbocycles. The Morgan fingerprint density at radius 3 is 2.27 bits per heavy atom. The minimum absolute atomic E-state index is 0.00736. The van der Waals surface area contributed by atoms with Gasteiger partial charge in [0.1, 0.15) is 0 Å². The van der Waals surface area contributed by atoms with Crippen LogP contribution >= 0.6 is 0 Å². The van der Waals surface area contributed by atoms with Crippen molar-refractivity contribution in [2.45, 2.75) is 77.3 Å². The summed E-state index contributed by atoms with van der Waals surface area (Å²) in [7, 11) is 0. The second kappa shape index (κ2) is 12.7. The van der Waals surface area contributed by atoms with Gasteiger partial charge in [-0.05, 0) is 70.5 Å². The van der Waals surface area contributed by atoms with E-state index in [4.69, 9.17) is 4.98 Å². The van der Waals surface area contributed by atoms with Crippen LogP contribution in [0.15, 0.2) is 54.6 Å². The number of rotatable bonds is 7. The molecular weight excluding hydrogens is 508 g/mol. The van der Waals surface area contributed by atoms with Gasteiger partial charge in [-0.1, -0.05) is 67.8 Å². The molecule has 6 heteroatoms. The number of fused-ring (bicyclic) bond motifs is 1. The average Bonchev–Trinajstić information content (AvgIpc) is 3.57. The fourth-order valence-corrected chi connectivity index (χ4v) is 7.29. The number of amides is 2. The molecule has 41 heavy (non-hydrogen) atoms. The third-order valence-electron chi connectivity index (χ3n) is 9.72. The second-order valence-corrected chi connectivity index (χ2v) is 12.4. The van der Waals surface area contributed by atoms with Crippen molar-refractivity contribution in [3.05, 3.63) is 65.7 Å². The van der Waals surface area contributed by atoms with Crippen LogP contribution in [0.3, 0.4) is 0 Å². The molecule has 2 saturated heterocycles. The summed E-state index contributed by atoms with van der Waals surface area (Å²) in [6.45, 7) is 6.36. The minimum Gasteiger partial charge on any atom is -0.349 e. The molecule has 1 N–H and O–H groups in total. The molecule has 3 heterocycles. The maximum atomic E-state index is 14.2. The number of aromatic nitrogens is 1. The molecule has 1 saturated carbocycles. The normalized spacial score (nSPS) is 19.9. The summed E-state index contributed by atoms with van der Waals surface area (Å²) in [6, 6.07) is 18.5. The first kappa shape index (κ1) is 27.9. The molecule has 1 unspecified atom stereocenters. The van der Waals surface area contributed by atoms with Crippen molar-refractivity contribution in [3.8, 4) is 11.3 Å². The van der Waals surface area contributed by atoms with Crippen LogP contribution in [-0.2, 0) is 11.3 Å². The van der Waals surface area contributed by atoms with Crippen molar-refractivity contribution in [1.29, 1.82) is 0 Å². The molecule has 3 aromatic rings. The van der Waals surface area contributed by atoms with E-state index in [1.165, 1.54) is 32.1 Å². The first-order valence-corrected chi connectivity index (χ1v) is 15.9. The van der Waals surface area contributed by atoms with Gasteiger partial charge in [-0.3, -0.25) is 14.5 Å². The van der Waals surface area contributed by atoms with Crippen LogP contribution in [0.4, 0.5) is 0 Å². The van der Waals surface area contributed by atoms with Crippen LogP contribution in [0.1, 0.15) is 80.6 Å². The Labute approximate surface area is 244 Å². The smallest absolute Gasteiger partial charge is 0.252 e. The Balaban J connectivity index is 1.32. The molecule has 6 rings (SSSR count). The molecule has 2 aliphatic heterocycles. The van der Waals surface area contributed by atoms with E-state index in [-0.39, 0.29) is 17.9 Å². The van der Waals surface area contributed by atoms with Gasteiger partial charge in [0.05, 0.1) is 16.8 Å². The lowest BCUT2D eigenvalue weighted by atomic mass is 9.84. The molecule has 2 aromatic carbocycles. The van der Waals surface area contributed by atoms with E-state index in [9.17, 15) is 9.59 Å². The molecule has 0 radical (unpaired) electrons. The summed E-state index contributed by atoms with van der Waals surface area (Å²) in [6.07, 6.45) is 10.2. The van der Waals surface area contributed by atoms with Crippen LogP contribution in [-0.4, -0.2) is 58.8 Å². The highest BCUT2D eigenvalue weighted by molar-refractivity contribution is 6.09. The quantitative estimate of drug-likeness (QED) is 0.367. The fraction of sp³-hybridized carbons (Fsp3) is 0.514. The van der Waals surface area contributed by atoms with Gasteiger partial charge >= 0.3 is 0 Å². The van der Waals surface area contributed by atoms with Gasteiger partial charge in [-0.2, -0.15) is 0 Å². The number of hydrogen-bond acceptors (Lipinski definition) is 4. The Bertz CT molecular complexity index is 1350. The SMILES string of the molecule is CC(NC(=O)c1c(CN2CCC(C(=O)N3CCCC3)CC2)c(-c2ccccc2)nc2ccccc12)C1CCCCC1. The molecule has 216 valence electrons. The number of hydrogen-bond donors (Lipinski definition) is 1. The third kappa shape index (κ3) is 6.18. The Kier molecular flexibility index (Phi) is 8.66. The first-order chi connectivity index (χ1) is 20.1. The monoisotopic (exact) mass is 552 g/mol. The summed E-state index contributed by atoms with van der Waals surface area (Å²) < 4.78 is 0. The van der Waals surface area contributed by atoms with Crippen LogP contribution in [0, 0.1) is 11.8 Å². The molecule has 6 nitrogen and oxygen atoms in total. The van der Waals surface area contributed by atoms with Gasteiger partial charge in [0, 0.05) is 48.1 Å². The second-order valence-electron chi connectivity index (χ2n) is 12.4. The highest BCUT2D eigenvalue weighted by Gasteiger charge is 2.32. The van der Waals surface area contributed by atoms with E-state index in [0.29, 0.717) is 18.4 Å². The number of carbonyl (C=O) groups excluding carboxylic acids is 2. The fourth-order valence-electron chi connectivity index (χ4n) is 7.29.